The molecule has 0 radical (unpaired) electrons. The fraction of sp³-hybridized carbons (Fsp3) is 0.903. The molecule has 0 aliphatic carbocycles. The van der Waals surface area contributed by atoms with E-state index < -0.39 is 172 Å². The Bertz CT molecular complexity index is 1330. The van der Waals surface area contributed by atoms with Crippen molar-refractivity contribution in [1.29, 1.82) is 0 Å². The predicted molar refractivity (Wildman–Crippen MR) is 173 cm³/mol. The summed E-state index contributed by atoms with van der Waals surface area (Å²) in [7, 11) is 0. The van der Waals surface area contributed by atoms with Crippen LogP contribution in [0.25, 0.3) is 0 Å². The average Bonchev–Trinajstić information content (AvgIpc) is 3.14. The number of aliphatic hydroxyl groups excluding tert-OH is 12. The third-order valence-electron chi connectivity index (χ3n) is 9.94. The first-order valence-corrected chi connectivity index (χ1v) is 17.6. The summed E-state index contributed by atoms with van der Waals surface area (Å²) < 4.78 is 39.7. The molecule has 25 heteroatoms. The summed E-state index contributed by atoms with van der Waals surface area (Å²) in [6, 6.07) is -3.27. The first-order chi connectivity index (χ1) is 26.2. The number of hydrogen-bond donors (Lipinski definition) is 15. The van der Waals surface area contributed by atoms with Crippen LogP contribution in [-0.2, 0) is 47.5 Å². The van der Waals surface area contributed by atoms with E-state index in [2.05, 4.69) is 10.6 Å². The van der Waals surface area contributed by atoms with Crippen LogP contribution in [0.1, 0.15) is 27.2 Å². The Kier molecular flexibility index (Phi) is 15.8. The van der Waals surface area contributed by atoms with Gasteiger partial charge in [-0.05, 0) is 6.92 Å². The van der Waals surface area contributed by atoms with Gasteiger partial charge in [0.05, 0.1) is 38.1 Å². The van der Waals surface area contributed by atoms with E-state index in [4.69, 9.17) is 33.2 Å². The second-order valence-electron chi connectivity index (χ2n) is 14.0. The number of amides is 2. The first-order valence-electron chi connectivity index (χ1n) is 17.6. The number of carbonyl (C=O) groups excluding carboxylic acids is 2. The van der Waals surface area contributed by atoms with E-state index in [0.29, 0.717) is 0 Å². The lowest BCUT2D eigenvalue weighted by Crippen LogP contribution is -2.71. The summed E-state index contributed by atoms with van der Waals surface area (Å²) >= 11 is 0. The van der Waals surface area contributed by atoms with Crippen LogP contribution in [0.5, 0.6) is 0 Å². The maximum Gasteiger partial charge on any atom is 0.364 e. The van der Waals surface area contributed by atoms with E-state index >= 15 is 0 Å². The maximum atomic E-state index is 12.9. The molecule has 4 aliphatic rings. The Labute approximate surface area is 317 Å². The number of nitrogens with one attached hydrogen (secondary N) is 2. The van der Waals surface area contributed by atoms with Crippen molar-refractivity contribution in [2.75, 3.05) is 19.8 Å². The molecule has 15 N–H and O–H groups in total. The smallest absolute Gasteiger partial charge is 0.364 e. The summed E-state index contributed by atoms with van der Waals surface area (Å²) in [5.41, 5.74) is 0. The number of ether oxygens (including phenoxy) is 7. The molecule has 56 heavy (non-hydrogen) atoms. The quantitative estimate of drug-likeness (QED) is 0.0773. The zero-order valence-electron chi connectivity index (χ0n) is 30.3. The maximum absolute atomic E-state index is 12.9. The topological polar surface area (TPSA) is 403 Å². The van der Waals surface area contributed by atoms with Crippen LogP contribution in [0.3, 0.4) is 0 Å². The monoisotopic (exact) mass is 820 g/mol. The van der Waals surface area contributed by atoms with Crippen molar-refractivity contribution in [3.63, 3.8) is 0 Å². The number of rotatable bonds is 14. The van der Waals surface area contributed by atoms with Crippen molar-refractivity contribution in [2.45, 2.75) is 155 Å². The number of carboxylic acid groups (broad SMARTS) is 1. The van der Waals surface area contributed by atoms with Crippen molar-refractivity contribution in [1.82, 2.24) is 10.6 Å². The molecular weight excluding hydrogens is 768 g/mol. The lowest BCUT2D eigenvalue weighted by Gasteiger charge is -2.51. The van der Waals surface area contributed by atoms with Gasteiger partial charge in [0.1, 0.15) is 85.4 Å². The van der Waals surface area contributed by atoms with Gasteiger partial charge in [-0.15, -0.1) is 0 Å². The Balaban J connectivity index is 1.72. The molecule has 0 spiro atoms. The molecule has 4 heterocycles. The lowest BCUT2D eigenvalue weighted by molar-refractivity contribution is -0.389. The van der Waals surface area contributed by atoms with Crippen molar-refractivity contribution in [2.24, 2.45) is 0 Å². The van der Waals surface area contributed by atoms with E-state index in [-0.39, 0.29) is 0 Å². The van der Waals surface area contributed by atoms with Crippen molar-refractivity contribution in [3.8, 4) is 0 Å². The van der Waals surface area contributed by atoms with Crippen LogP contribution < -0.4 is 10.6 Å². The fourth-order valence-corrected chi connectivity index (χ4v) is 6.99. The Morgan fingerprint density at radius 1 is 0.732 bits per heavy atom. The van der Waals surface area contributed by atoms with Crippen LogP contribution in [-0.4, -0.2) is 232 Å². The van der Waals surface area contributed by atoms with Gasteiger partial charge in [0.15, 0.2) is 18.9 Å². The number of aliphatic hydroxyl groups is 12. The molecule has 0 saturated carbocycles. The zero-order valence-corrected chi connectivity index (χ0v) is 30.3. The van der Waals surface area contributed by atoms with Gasteiger partial charge < -0.3 is 110 Å². The Morgan fingerprint density at radius 3 is 1.86 bits per heavy atom. The fourth-order valence-electron chi connectivity index (χ4n) is 6.99. The van der Waals surface area contributed by atoms with Crippen LogP contribution in [0.4, 0.5) is 0 Å². The molecule has 4 aliphatic heterocycles. The van der Waals surface area contributed by atoms with Crippen LogP contribution in [0.2, 0.25) is 0 Å². The highest BCUT2D eigenvalue weighted by molar-refractivity contribution is 5.76. The summed E-state index contributed by atoms with van der Waals surface area (Å²) in [6.07, 6.45) is -35.2. The highest BCUT2D eigenvalue weighted by atomic mass is 16.8. The van der Waals surface area contributed by atoms with Crippen LogP contribution in [0.15, 0.2) is 0 Å². The Hall–Kier alpha value is -2.35. The third-order valence-corrected chi connectivity index (χ3v) is 9.94. The molecule has 3 unspecified atom stereocenters. The molecule has 4 fully saturated rings. The molecule has 0 aromatic carbocycles. The largest absolute Gasteiger partial charge is 0.477 e. The van der Waals surface area contributed by atoms with Crippen LogP contribution >= 0.6 is 0 Å². The first kappa shape index (κ1) is 46.3. The van der Waals surface area contributed by atoms with Gasteiger partial charge in [0, 0.05) is 20.3 Å². The second-order valence-corrected chi connectivity index (χ2v) is 14.0. The normalized spacial score (nSPS) is 45.7. The van der Waals surface area contributed by atoms with E-state index in [0.717, 1.165) is 13.8 Å². The summed E-state index contributed by atoms with van der Waals surface area (Å²) in [5, 5.41) is 142. The standard InChI is InChI=1S/C31H52N2O23/c1-8-17(41)20(44)21(45)28(50-8)53-23-14(7-36)51-27(47)16(33-10(3)38)25(23)54-29-22(46)26(19(43)13(6-35)52-29)56-31(30(48)49)4-11(39)15(32-9(2)37)24(55-31)18(42)12(40)5-34/h8,11-29,34-36,39-47H,4-7H2,1-3H3,(H,32,37)(H,33,38)(H,48,49)/t8?,11-,12+,13+,14+,15?,16+,17+,18+,19-,20+,21-,22+,23+,24+,25+,26-,27?,28-,29-,31-/m0/s1. The van der Waals surface area contributed by atoms with Gasteiger partial charge in [-0.1, -0.05) is 0 Å². The van der Waals surface area contributed by atoms with Crippen molar-refractivity contribution >= 4 is 17.8 Å². The molecule has 4 rings (SSSR count). The van der Waals surface area contributed by atoms with Gasteiger partial charge in [0.2, 0.25) is 11.8 Å². The van der Waals surface area contributed by atoms with Crippen LogP contribution in [0, 0.1) is 0 Å². The van der Waals surface area contributed by atoms with E-state index in [1.165, 1.54) is 6.92 Å². The minimum Gasteiger partial charge on any atom is -0.477 e. The van der Waals surface area contributed by atoms with Gasteiger partial charge in [0.25, 0.3) is 5.79 Å². The molecule has 0 bridgehead atoms. The number of carbonyl (C=O) groups is 3. The molecule has 21 atom stereocenters. The zero-order chi connectivity index (χ0) is 42.0. The minimum absolute atomic E-state index is 0.785. The highest BCUT2D eigenvalue weighted by Crippen LogP contribution is 2.39. The molecule has 25 nitrogen and oxygen atoms in total. The minimum atomic E-state index is -3.12. The SMILES string of the molecule is CC(=O)NC1[C@H]([C@H](O)[C@H](O)CO)O[C@@](O[C@H]2[C@@H](O)[C@@H](CO)O[C@@H](O[C@H]3[C@H](O[C@@H]4OC(C)[C@@H](O)[C@@H](O)[C@@H]4O)[C@@H](CO)OC(O)[C@@H]3NC(C)=O)[C@@H]2O)(C(=O)O)C[C@@H]1O. The molecule has 0 aromatic rings. The number of carboxylic acids is 1. The molecule has 0 aromatic heterocycles. The van der Waals surface area contributed by atoms with Gasteiger partial charge >= 0.3 is 5.97 Å². The van der Waals surface area contributed by atoms with Crippen molar-refractivity contribution in [3.05, 3.63) is 0 Å². The highest BCUT2D eigenvalue weighted by Gasteiger charge is 2.60. The number of aliphatic carboxylic acids is 1. The predicted octanol–water partition coefficient (Wildman–Crippen LogP) is -9.23. The molecule has 2 amide bonds. The van der Waals surface area contributed by atoms with E-state index in [1.54, 1.807) is 0 Å². The lowest BCUT2D eigenvalue weighted by atomic mass is 9.88. The number of hydrogen-bond acceptors (Lipinski definition) is 22. The summed E-state index contributed by atoms with van der Waals surface area (Å²) in [6.45, 7) is 0.296. The third kappa shape index (κ3) is 9.74. The van der Waals surface area contributed by atoms with Gasteiger partial charge in [-0.3, -0.25) is 9.59 Å². The van der Waals surface area contributed by atoms with Gasteiger partial charge in [-0.25, -0.2) is 4.79 Å². The van der Waals surface area contributed by atoms with E-state index in [9.17, 15) is 80.8 Å². The van der Waals surface area contributed by atoms with Crippen molar-refractivity contribution < 1.29 is 114 Å². The molecule has 4 saturated heterocycles. The van der Waals surface area contributed by atoms with Gasteiger partial charge in [-0.2, -0.15) is 0 Å². The average molecular weight is 821 g/mol. The van der Waals surface area contributed by atoms with E-state index in [1.807, 2.05) is 0 Å². The Morgan fingerprint density at radius 2 is 1.30 bits per heavy atom. The summed E-state index contributed by atoms with van der Waals surface area (Å²) in [4.78, 5) is 37.0. The molecular formula is C31H52N2O23. The second kappa shape index (κ2) is 19.1. The summed E-state index contributed by atoms with van der Waals surface area (Å²) in [5.74, 6) is -6.72. The molecule has 324 valence electrons.